The lowest BCUT2D eigenvalue weighted by Crippen LogP contribution is -2.29. The minimum absolute atomic E-state index is 0.0975. The van der Waals surface area contributed by atoms with E-state index in [-0.39, 0.29) is 31.8 Å². The molecule has 0 aliphatic heterocycles. The van der Waals surface area contributed by atoms with Crippen LogP contribution in [-0.4, -0.2) is 35.9 Å². The van der Waals surface area contributed by atoms with Crippen LogP contribution in [0.2, 0.25) is 0 Å². The van der Waals surface area contributed by atoms with Crippen LogP contribution >= 0.6 is 0 Å². The standard InChI is InChI=1S/C11H20O5/c1-4-15-9(12)6-7-11(3,14)8-10(13)16-5-2/h14H,4-8H2,1-3H3. The first-order valence-electron chi connectivity index (χ1n) is 5.45. The van der Waals surface area contributed by atoms with Gasteiger partial charge in [-0.2, -0.15) is 0 Å². The predicted molar refractivity (Wildman–Crippen MR) is 57.7 cm³/mol. The summed E-state index contributed by atoms with van der Waals surface area (Å²) < 4.78 is 9.44. The number of carbonyl (C=O) groups excluding carboxylic acids is 2. The highest BCUT2D eigenvalue weighted by molar-refractivity contribution is 5.71. The van der Waals surface area contributed by atoms with Gasteiger partial charge in [0, 0.05) is 6.42 Å². The maximum Gasteiger partial charge on any atom is 0.308 e. The maximum atomic E-state index is 11.1. The van der Waals surface area contributed by atoms with Crippen LogP contribution in [-0.2, 0) is 19.1 Å². The van der Waals surface area contributed by atoms with Crippen LogP contribution in [0.15, 0.2) is 0 Å². The van der Waals surface area contributed by atoms with Gasteiger partial charge in [-0.1, -0.05) is 0 Å². The SMILES string of the molecule is CCOC(=O)CCC(C)(O)CC(=O)OCC. The average molecular weight is 232 g/mol. The molecule has 1 atom stereocenters. The molecule has 0 aromatic heterocycles. The molecule has 0 bridgehead atoms. The first-order valence-corrected chi connectivity index (χ1v) is 5.45. The molecule has 0 aromatic carbocycles. The van der Waals surface area contributed by atoms with Crippen LogP contribution in [0.3, 0.4) is 0 Å². The molecule has 94 valence electrons. The van der Waals surface area contributed by atoms with Gasteiger partial charge in [0.15, 0.2) is 0 Å². The fourth-order valence-corrected chi connectivity index (χ4v) is 1.22. The third kappa shape index (κ3) is 7.23. The van der Waals surface area contributed by atoms with E-state index in [1.165, 1.54) is 6.92 Å². The fourth-order valence-electron chi connectivity index (χ4n) is 1.22. The smallest absolute Gasteiger partial charge is 0.308 e. The third-order valence-electron chi connectivity index (χ3n) is 2.00. The Morgan fingerprint density at radius 2 is 1.62 bits per heavy atom. The van der Waals surface area contributed by atoms with Crippen molar-refractivity contribution in [2.75, 3.05) is 13.2 Å². The summed E-state index contributed by atoms with van der Waals surface area (Å²) in [5, 5.41) is 9.82. The van der Waals surface area contributed by atoms with Crippen LogP contribution in [0.5, 0.6) is 0 Å². The van der Waals surface area contributed by atoms with Crippen molar-refractivity contribution in [1.82, 2.24) is 0 Å². The van der Waals surface area contributed by atoms with Crippen molar-refractivity contribution in [1.29, 1.82) is 0 Å². The summed E-state index contributed by atoms with van der Waals surface area (Å²) in [7, 11) is 0. The van der Waals surface area contributed by atoms with E-state index in [1.54, 1.807) is 13.8 Å². The van der Waals surface area contributed by atoms with Gasteiger partial charge in [0.05, 0.1) is 25.2 Å². The van der Waals surface area contributed by atoms with Gasteiger partial charge in [-0.05, 0) is 27.2 Å². The van der Waals surface area contributed by atoms with Crippen LogP contribution in [0, 0.1) is 0 Å². The molecular weight excluding hydrogens is 212 g/mol. The number of esters is 2. The van der Waals surface area contributed by atoms with Gasteiger partial charge in [-0.3, -0.25) is 9.59 Å². The molecule has 0 heterocycles. The van der Waals surface area contributed by atoms with E-state index >= 15 is 0 Å². The number of rotatable bonds is 7. The van der Waals surface area contributed by atoms with Gasteiger partial charge in [-0.25, -0.2) is 0 Å². The van der Waals surface area contributed by atoms with Crippen molar-refractivity contribution in [3.63, 3.8) is 0 Å². The Labute approximate surface area is 95.7 Å². The Bertz CT molecular complexity index is 235. The average Bonchev–Trinajstić information content (AvgIpc) is 2.15. The largest absolute Gasteiger partial charge is 0.466 e. The molecule has 0 aliphatic rings. The second-order valence-electron chi connectivity index (χ2n) is 3.78. The minimum atomic E-state index is -1.22. The molecule has 0 amide bonds. The number of ether oxygens (including phenoxy) is 2. The molecule has 16 heavy (non-hydrogen) atoms. The highest BCUT2D eigenvalue weighted by atomic mass is 16.5. The molecule has 0 fully saturated rings. The summed E-state index contributed by atoms with van der Waals surface area (Å²) in [6, 6.07) is 0. The molecule has 0 saturated carbocycles. The van der Waals surface area contributed by atoms with Gasteiger partial charge in [0.1, 0.15) is 0 Å². The highest BCUT2D eigenvalue weighted by Crippen LogP contribution is 2.17. The Hall–Kier alpha value is -1.10. The Balaban J connectivity index is 3.94. The maximum absolute atomic E-state index is 11.1. The molecular formula is C11H20O5. The van der Waals surface area contributed by atoms with E-state index in [0.717, 1.165) is 0 Å². The van der Waals surface area contributed by atoms with Crippen molar-refractivity contribution >= 4 is 11.9 Å². The minimum Gasteiger partial charge on any atom is -0.466 e. The van der Waals surface area contributed by atoms with Gasteiger partial charge in [-0.15, -0.1) is 0 Å². The summed E-state index contributed by atoms with van der Waals surface area (Å²) in [5.41, 5.74) is -1.22. The third-order valence-corrected chi connectivity index (χ3v) is 2.00. The molecule has 5 heteroatoms. The van der Waals surface area contributed by atoms with Gasteiger partial charge < -0.3 is 14.6 Å². The normalized spacial score (nSPS) is 14.0. The number of carbonyl (C=O) groups is 2. The number of hydrogen-bond donors (Lipinski definition) is 1. The van der Waals surface area contributed by atoms with E-state index in [0.29, 0.717) is 6.61 Å². The second-order valence-corrected chi connectivity index (χ2v) is 3.78. The van der Waals surface area contributed by atoms with Crippen molar-refractivity contribution in [2.45, 2.75) is 45.6 Å². The van der Waals surface area contributed by atoms with Gasteiger partial charge in [0.25, 0.3) is 0 Å². The van der Waals surface area contributed by atoms with Crippen molar-refractivity contribution in [3.05, 3.63) is 0 Å². The van der Waals surface area contributed by atoms with E-state index in [4.69, 9.17) is 9.47 Å². The van der Waals surface area contributed by atoms with Crippen LogP contribution < -0.4 is 0 Å². The molecule has 0 spiro atoms. The Kier molecular flexibility index (Phi) is 6.72. The molecule has 0 saturated heterocycles. The van der Waals surface area contributed by atoms with Crippen LogP contribution in [0.25, 0.3) is 0 Å². The lowest BCUT2D eigenvalue weighted by Gasteiger charge is -2.21. The summed E-state index contributed by atoms with van der Waals surface area (Å²) in [6.45, 7) is 5.52. The van der Waals surface area contributed by atoms with E-state index < -0.39 is 11.6 Å². The first-order chi connectivity index (χ1) is 7.41. The Morgan fingerprint density at radius 3 is 2.12 bits per heavy atom. The quantitative estimate of drug-likeness (QED) is 0.664. The topological polar surface area (TPSA) is 72.8 Å². The first kappa shape index (κ1) is 14.9. The lowest BCUT2D eigenvalue weighted by atomic mass is 9.96. The van der Waals surface area contributed by atoms with Gasteiger partial charge >= 0.3 is 11.9 Å². The highest BCUT2D eigenvalue weighted by Gasteiger charge is 2.26. The van der Waals surface area contributed by atoms with Crippen molar-refractivity contribution in [2.24, 2.45) is 0 Å². The number of aliphatic hydroxyl groups is 1. The zero-order chi connectivity index (χ0) is 12.6. The summed E-state index contributed by atoms with van der Waals surface area (Å²) in [5.74, 6) is -0.831. The summed E-state index contributed by atoms with van der Waals surface area (Å²) in [4.78, 5) is 22.2. The fraction of sp³-hybridized carbons (Fsp3) is 0.818. The molecule has 1 unspecified atom stereocenters. The zero-order valence-electron chi connectivity index (χ0n) is 10.1. The van der Waals surface area contributed by atoms with Crippen molar-refractivity contribution < 1.29 is 24.2 Å². The lowest BCUT2D eigenvalue weighted by molar-refractivity contribution is -0.151. The van der Waals surface area contributed by atoms with E-state index in [2.05, 4.69) is 0 Å². The molecule has 0 aromatic rings. The monoisotopic (exact) mass is 232 g/mol. The van der Waals surface area contributed by atoms with E-state index in [1.807, 2.05) is 0 Å². The summed E-state index contributed by atoms with van der Waals surface area (Å²) in [6.07, 6.45) is 0.172. The number of hydrogen-bond acceptors (Lipinski definition) is 5. The van der Waals surface area contributed by atoms with Crippen LogP contribution in [0.4, 0.5) is 0 Å². The molecule has 0 rings (SSSR count). The Morgan fingerprint density at radius 1 is 1.12 bits per heavy atom. The second kappa shape index (κ2) is 7.22. The molecule has 0 aliphatic carbocycles. The predicted octanol–water partition coefficient (Wildman–Crippen LogP) is 1.03. The zero-order valence-corrected chi connectivity index (χ0v) is 10.1. The molecule has 1 N–H and O–H groups in total. The molecule has 0 radical (unpaired) electrons. The molecule has 5 nitrogen and oxygen atoms in total. The van der Waals surface area contributed by atoms with Crippen molar-refractivity contribution in [3.8, 4) is 0 Å². The summed E-state index contributed by atoms with van der Waals surface area (Å²) >= 11 is 0. The van der Waals surface area contributed by atoms with Crippen LogP contribution in [0.1, 0.15) is 40.0 Å². The van der Waals surface area contributed by atoms with E-state index in [9.17, 15) is 14.7 Å². The van der Waals surface area contributed by atoms with Gasteiger partial charge in [0.2, 0.25) is 0 Å².